The Morgan fingerprint density at radius 1 is 0.294 bits per heavy atom. The van der Waals surface area contributed by atoms with E-state index in [4.69, 9.17) is 88.6 Å². The van der Waals surface area contributed by atoms with Crippen molar-refractivity contribution in [1.82, 2.24) is 79.7 Å². The van der Waals surface area contributed by atoms with Gasteiger partial charge >= 0.3 is 33.6 Å². The molecule has 0 amide bonds. The molecule has 0 fully saturated rings. The van der Waals surface area contributed by atoms with Gasteiger partial charge in [0.05, 0.1) is 91.8 Å². The van der Waals surface area contributed by atoms with Gasteiger partial charge in [-0.3, -0.25) is 0 Å². The van der Waals surface area contributed by atoms with Gasteiger partial charge in [0, 0.05) is 112 Å². The Morgan fingerprint density at radius 3 is 0.846 bits per heavy atom. The number of fused-ring (bicyclic) bond motifs is 40. The van der Waals surface area contributed by atoms with Crippen LogP contribution in [0.4, 0.5) is 0 Å². The molecule has 31 heteroatoms. The van der Waals surface area contributed by atoms with Gasteiger partial charge in [0.15, 0.2) is 46.1 Å². The summed E-state index contributed by atoms with van der Waals surface area (Å²) in [6.07, 6.45) is 1.08. The fourth-order valence-electron chi connectivity index (χ4n) is 16.2. The first-order chi connectivity index (χ1) is 63.0. The second-order valence-corrected chi connectivity index (χ2v) is 57.1. The van der Waals surface area contributed by atoms with Crippen molar-refractivity contribution >= 4 is 134 Å². The maximum atomic E-state index is 14.0. The molecule has 6 aromatic heterocycles. The van der Waals surface area contributed by atoms with Gasteiger partial charge in [-0.1, -0.05) is 215 Å². The molecule has 136 heavy (non-hydrogen) atoms. The van der Waals surface area contributed by atoms with Gasteiger partial charge in [0.1, 0.15) is 0 Å². The van der Waals surface area contributed by atoms with Crippen LogP contribution in [0.1, 0.15) is 172 Å². The largest absolute Gasteiger partial charge is 2.00 e. The van der Waals surface area contributed by atoms with Gasteiger partial charge in [-0.2, -0.15) is 0 Å². The number of hydrogen-bond donors (Lipinski definition) is 0. The number of rotatable bonds is 15. The first-order valence-corrected chi connectivity index (χ1v) is 56.1. The third-order valence-corrected chi connectivity index (χ3v) is 41.0. The van der Waals surface area contributed by atoms with E-state index in [9.17, 15) is 25.3 Å². The van der Waals surface area contributed by atoms with E-state index in [1.54, 1.807) is 39.0 Å². The Morgan fingerprint density at radius 2 is 0.537 bits per heavy atom. The van der Waals surface area contributed by atoms with Crippen molar-refractivity contribution in [3.05, 3.63) is 185 Å². The zero-order valence-electron chi connectivity index (χ0n) is 80.3. The average Bonchev–Trinajstić information content (AvgIpc) is 1.59. The van der Waals surface area contributed by atoms with Gasteiger partial charge in [-0.05, 0) is 210 Å². The van der Waals surface area contributed by atoms with Gasteiger partial charge in [-0.15, -0.1) is 0 Å². The van der Waals surface area contributed by atoms with Gasteiger partial charge < -0.3 is 68.7 Å². The molecule has 0 aliphatic carbocycles. The van der Waals surface area contributed by atoms with E-state index in [0.29, 0.717) is 142 Å². The molecule has 8 aromatic carbocycles. The number of hydrogen-bond acceptors (Lipinski definition) is 20. The van der Waals surface area contributed by atoms with E-state index in [1.165, 1.54) is 36.4 Å². The molecule has 24 nitrogen and oxygen atoms in total. The summed E-state index contributed by atoms with van der Waals surface area (Å²) in [6, 6.07) is 44.8. The molecule has 0 saturated carbocycles. The maximum absolute atomic E-state index is 14.0. The third kappa shape index (κ3) is 18.5. The molecule has 14 aromatic rings. The van der Waals surface area contributed by atoms with Crippen LogP contribution >= 0.6 is 0 Å². The summed E-state index contributed by atoms with van der Waals surface area (Å²) in [6.45, 7) is 47.3. The Bertz CT molecular complexity index is 8310. The van der Waals surface area contributed by atoms with Crippen LogP contribution in [0.15, 0.2) is 171 Å². The molecule has 0 N–H and O–H groups in total. The zero-order valence-corrected chi connectivity index (χ0v) is 86.9. The Balaban J connectivity index is 0.00000671. The molecule has 2 radical (unpaired) electrons. The van der Waals surface area contributed by atoms with Gasteiger partial charge in [0.2, 0.25) is 0 Å². The van der Waals surface area contributed by atoms with Crippen LogP contribution in [-0.4, -0.2) is 132 Å². The smallest absolute Gasteiger partial charge is 0.412 e. The monoisotopic (exact) mass is 1990 g/mol. The summed E-state index contributed by atoms with van der Waals surface area (Å²) in [4.78, 5) is 84.0. The minimum Gasteiger partial charge on any atom is -0.412 e. The molecule has 0 spiro atoms. The minimum atomic E-state index is -3.81. The predicted octanol–water partition coefficient (Wildman–Crippen LogP) is 21.8. The van der Waals surface area contributed by atoms with Crippen molar-refractivity contribution < 1.29 is 67.7 Å². The Hall–Kier alpha value is -11.4. The van der Waals surface area contributed by atoms with Crippen LogP contribution in [0.25, 0.3) is 179 Å². The van der Waals surface area contributed by atoms with Crippen molar-refractivity contribution in [2.75, 3.05) is 30.5 Å². The summed E-state index contributed by atoms with van der Waals surface area (Å²) >= 11 is 0. The molecule has 0 saturated heterocycles. The molecule has 4 aliphatic heterocycles. The van der Waals surface area contributed by atoms with E-state index in [-0.39, 0.29) is 151 Å². The zero-order chi connectivity index (χ0) is 95.4. The van der Waals surface area contributed by atoms with Gasteiger partial charge in [-0.25, -0.2) is 45.2 Å². The Kier molecular flexibility index (Phi) is 25.5. The number of aromatic nitrogens is 16. The standard InChI is InChI=1S/C105H106N16O8S3Si2.2Co/c1-23-46-130(122,123)66-36-44-75-82(54-66)98-117-91(75)110-93-77-49-59(28-38-69(77)85(108-93)106-90-74-43-35-67(131(124,125)47-24-2)55-83(74)99(116-90)121-100-84-56-68(132(126,127)48-25-3)37-45-76(84)92(118-98)119-100)26-30-61(57-128-133(19,20)104(13,14)15)62(58-129-134(21,22)105(16,17)18)31-27-60-29-39-70-78(50-60)94-109-86(70)111-95-79-51-63(101(4,5)6)32-40-71(79)87(112-95)107-88-72-41-33-64(102(7,8)9)52-80(72)96(113-88)114-89-73-42-34-65(103(10,11)12)53-81(73)97(115-89)120-94;;/h28-29,32-45,49-56H,23-25,46-48,57-58H2,1-22H3;;/q-4;2*+2/b62-61+;;. The van der Waals surface area contributed by atoms with Crippen LogP contribution < -0.4 is 19.9 Å². The van der Waals surface area contributed by atoms with Crippen LogP contribution in [-0.2, 0) is 88.2 Å². The molecule has 18 rings (SSSR count). The van der Waals surface area contributed by atoms with Gasteiger partial charge in [0.25, 0.3) is 0 Å². The fraction of sp³-hybridized carbons (Fsp3) is 0.333. The van der Waals surface area contributed by atoms with Crippen molar-refractivity contribution in [2.24, 2.45) is 0 Å². The van der Waals surface area contributed by atoms with E-state index >= 15 is 0 Å². The van der Waals surface area contributed by atoms with E-state index in [2.05, 4.69) is 208 Å². The molecule has 4 aliphatic rings. The second kappa shape index (κ2) is 35.5. The van der Waals surface area contributed by atoms with Crippen molar-refractivity contribution in [1.29, 1.82) is 0 Å². The van der Waals surface area contributed by atoms with Crippen molar-refractivity contribution in [3.63, 3.8) is 0 Å². The van der Waals surface area contributed by atoms with E-state index < -0.39 is 46.1 Å². The number of nitrogens with zero attached hydrogens (tertiary/aromatic N) is 16. The summed E-state index contributed by atoms with van der Waals surface area (Å²) in [5, 5.41) is 4.30. The molecule has 698 valence electrons. The second-order valence-electron chi connectivity index (χ2n) is 41.2. The number of sulfone groups is 3. The Labute approximate surface area is 816 Å². The molecule has 16 bridgehead atoms. The first kappa shape index (κ1) is 97.6. The molecule has 10 heterocycles. The van der Waals surface area contributed by atoms with Crippen LogP contribution in [0, 0.1) is 23.7 Å². The quantitative estimate of drug-likeness (QED) is 0.0679. The first-order valence-electron chi connectivity index (χ1n) is 45.4. The normalized spacial score (nSPS) is 13.3. The topological polar surface area (TPSA) is 332 Å². The van der Waals surface area contributed by atoms with Crippen LogP contribution in [0.3, 0.4) is 0 Å². The minimum absolute atomic E-state index is 0. The maximum Gasteiger partial charge on any atom is 2.00 e. The molecular formula is C105H106Co2N16O8S3Si2. The summed E-state index contributed by atoms with van der Waals surface area (Å²) in [7, 11) is -16.5. The van der Waals surface area contributed by atoms with Crippen molar-refractivity contribution in [2.45, 2.75) is 211 Å². The summed E-state index contributed by atoms with van der Waals surface area (Å²) in [5.74, 6) is 16.3. The SMILES string of the molecule is CCCS(=O)(=O)c1ccc2c(c1)-c1nc-2nc2[n-]c(nc3nc(nc4[n-]c(n1)c1cc(S(=O)(=O)CCC)ccc41)-c1ccc(C#C/C(CO[Si](C)(C)C(C)(C)C)=C(/C#Cc4ccc5c(c4)-c4nc-5nc5[n-]c(nc6nc(nc7[n-]c(n4)c4cc(C(C)(C)C)ccc74)-c4cc(C(C)(C)C)ccc4-6)c4ccc(C(C)(C)C)cc54)CO[Si](C)(C)C(C)(C)C)cc1-3)c1ccc(S(=O)(=O)CCC)cc21.[Co+2].[Co+2]. The van der Waals surface area contributed by atoms with E-state index in [1.807, 2.05) is 36.4 Å². The third-order valence-electron chi connectivity index (χ3n) is 26.3. The summed E-state index contributed by atoms with van der Waals surface area (Å²) < 4.78 is 98.3. The summed E-state index contributed by atoms with van der Waals surface area (Å²) in [5.41, 5.74) is 11.9. The molecular weight excluding hydrogens is 1880 g/mol. The molecule has 0 unspecified atom stereocenters. The van der Waals surface area contributed by atoms with E-state index in [0.717, 1.165) is 49.4 Å². The van der Waals surface area contributed by atoms with Crippen LogP contribution in [0.2, 0.25) is 36.3 Å². The molecule has 0 atom stereocenters. The average molecular weight is 1990 g/mol. The number of benzene rings is 8. The van der Waals surface area contributed by atoms with Crippen LogP contribution in [0.5, 0.6) is 0 Å². The van der Waals surface area contributed by atoms with Crippen molar-refractivity contribution in [3.8, 4) is 115 Å². The fourth-order valence-corrected chi connectivity index (χ4v) is 22.1. The predicted molar refractivity (Wildman–Crippen MR) is 538 cm³/mol.